The molecule has 0 unspecified atom stereocenters. The molecule has 0 atom stereocenters. The largest absolute Gasteiger partial charge is 0.398 e. The summed E-state index contributed by atoms with van der Waals surface area (Å²) in [5, 5.41) is 8.58. The Morgan fingerprint density at radius 2 is 2.00 bits per heavy atom. The zero-order valence-corrected chi connectivity index (χ0v) is 12.3. The Morgan fingerprint density at radius 1 is 1.37 bits per heavy atom. The summed E-state index contributed by atoms with van der Waals surface area (Å²) in [5.74, 6) is 0. The van der Waals surface area contributed by atoms with E-state index in [0.29, 0.717) is 12.2 Å². The van der Waals surface area contributed by atoms with Gasteiger partial charge in [-0.1, -0.05) is 6.92 Å². The van der Waals surface area contributed by atoms with E-state index >= 15 is 0 Å². The normalized spacial score (nSPS) is 11.5. The Kier molecular flexibility index (Phi) is 4.92. The van der Waals surface area contributed by atoms with Gasteiger partial charge in [-0.05, 0) is 37.1 Å². The van der Waals surface area contributed by atoms with E-state index in [9.17, 15) is 8.42 Å². The van der Waals surface area contributed by atoms with Gasteiger partial charge in [-0.3, -0.25) is 0 Å². The second-order valence-electron chi connectivity index (χ2n) is 4.36. The lowest BCUT2D eigenvalue weighted by Crippen LogP contribution is -2.31. The van der Waals surface area contributed by atoms with E-state index in [1.807, 2.05) is 19.9 Å². The fourth-order valence-corrected chi connectivity index (χ4v) is 3.34. The first-order chi connectivity index (χ1) is 8.84. The van der Waals surface area contributed by atoms with Gasteiger partial charge < -0.3 is 5.73 Å². The van der Waals surface area contributed by atoms with Crippen molar-refractivity contribution in [2.24, 2.45) is 0 Å². The summed E-state index contributed by atoms with van der Waals surface area (Å²) in [7, 11) is -3.58. The summed E-state index contributed by atoms with van der Waals surface area (Å²) >= 11 is 0. The molecule has 0 spiro atoms. The first-order valence-corrected chi connectivity index (χ1v) is 7.52. The lowest BCUT2D eigenvalue weighted by atomic mass is 10.1. The van der Waals surface area contributed by atoms with Crippen LogP contribution in [0.1, 0.15) is 24.5 Å². The topological polar surface area (TPSA) is 87.2 Å². The Labute approximate surface area is 114 Å². The van der Waals surface area contributed by atoms with Crippen LogP contribution >= 0.6 is 0 Å². The number of rotatable bonds is 5. The summed E-state index contributed by atoms with van der Waals surface area (Å²) in [6.07, 6.45) is 0.174. The van der Waals surface area contributed by atoms with Gasteiger partial charge in [-0.25, -0.2) is 8.42 Å². The standard InChI is InChI=1S/C13H19N3O2S/c1-4-16(7-5-6-14)19(17,18)12-8-10(2)11(3)13(15)9-12/h8-9H,4-5,7,15H2,1-3H3. The molecule has 0 bridgehead atoms. The van der Waals surface area contributed by atoms with E-state index in [2.05, 4.69) is 0 Å². The molecule has 5 nitrogen and oxygen atoms in total. The lowest BCUT2D eigenvalue weighted by Gasteiger charge is -2.20. The molecule has 0 amide bonds. The molecular formula is C13H19N3O2S. The van der Waals surface area contributed by atoms with Crippen LogP contribution in [-0.2, 0) is 10.0 Å². The molecule has 0 radical (unpaired) electrons. The maximum atomic E-state index is 12.4. The molecule has 0 aromatic heterocycles. The fraction of sp³-hybridized carbons (Fsp3) is 0.462. The molecule has 1 rings (SSSR count). The lowest BCUT2D eigenvalue weighted by molar-refractivity contribution is 0.435. The predicted octanol–water partition coefficient (Wildman–Crippen LogP) is 1.81. The van der Waals surface area contributed by atoms with Gasteiger partial charge in [-0.15, -0.1) is 0 Å². The monoisotopic (exact) mass is 281 g/mol. The molecule has 6 heteroatoms. The SMILES string of the molecule is CCN(CCC#N)S(=O)(=O)c1cc(C)c(C)c(N)c1. The molecule has 1 aromatic carbocycles. The third-order valence-electron chi connectivity index (χ3n) is 3.14. The van der Waals surface area contributed by atoms with E-state index in [4.69, 9.17) is 11.0 Å². The summed E-state index contributed by atoms with van der Waals surface area (Å²) in [4.78, 5) is 0.188. The van der Waals surface area contributed by atoms with Gasteiger partial charge in [0.25, 0.3) is 0 Å². The zero-order chi connectivity index (χ0) is 14.6. The number of nitriles is 1. The maximum Gasteiger partial charge on any atom is 0.243 e. The highest BCUT2D eigenvalue weighted by molar-refractivity contribution is 7.89. The number of hydrogen-bond donors (Lipinski definition) is 1. The second-order valence-corrected chi connectivity index (χ2v) is 6.30. The number of anilines is 1. The van der Waals surface area contributed by atoms with Crippen molar-refractivity contribution >= 4 is 15.7 Å². The molecule has 19 heavy (non-hydrogen) atoms. The van der Waals surface area contributed by atoms with Crippen LogP contribution in [0, 0.1) is 25.2 Å². The van der Waals surface area contributed by atoms with Gasteiger partial charge in [0.1, 0.15) is 0 Å². The van der Waals surface area contributed by atoms with Crippen molar-refractivity contribution in [3.63, 3.8) is 0 Å². The van der Waals surface area contributed by atoms with E-state index in [0.717, 1.165) is 11.1 Å². The van der Waals surface area contributed by atoms with E-state index in [1.54, 1.807) is 13.0 Å². The molecule has 0 aliphatic carbocycles. The minimum Gasteiger partial charge on any atom is -0.398 e. The molecule has 0 aliphatic heterocycles. The van der Waals surface area contributed by atoms with Gasteiger partial charge in [0.05, 0.1) is 11.0 Å². The van der Waals surface area contributed by atoms with Crippen molar-refractivity contribution in [2.75, 3.05) is 18.8 Å². The highest BCUT2D eigenvalue weighted by Crippen LogP contribution is 2.24. The Bertz CT molecular complexity index is 580. The number of hydrogen-bond acceptors (Lipinski definition) is 4. The van der Waals surface area contributed by atoms with Gasteiger partial charge in [0, 0.05) is 25.2 Å². The summed E-state index contributed by atoms with van der Waals surface area (Å²) in [6, 6.07) is 5.06. The number of nitrogens with zero attached hydrogens (tertiary/aromatic N) is 2. The smallest absolute Gasteiger partial charge is 0.243 e. The summed E-state index contributed by atoms with van der Waals surface area (Å²) < 4.78 is 26.2. The summed E-state index contributed by atoms with van der Waals surface area (Å²) in [6.45, 7) is 5.96. The van der Waals surface area contributed by atoms with Crippen LogP contribution in [0.15, 0.2) is 17.0 Å². The predicted molar refractivity (Wildman–Crippen MR) is 75.0 cm³/mol. The molecule has 0 saturated heterocycles. The number of nitrogens with two attached hydrogens (primary N) is 1. The molecule has 2 N–H and O–H groups in total. The number of sulfonamides is 1. The van der Waals surface area contributed by atoms with Crippen molar-refractivity contribution < 1.29 is 8.42 Å². The minimum absolute atomic E-state index is 0.174. The minimum atomic E-state index is -3.58. The van der Waals surface area contributed by atoms with E-state index < -0.39 is 10.0 Å². The first-order valence-electron chi connectivity index (χ1n) is 6.08. The number of aryl methyl sites for hydroxylation is 1. The average molecular weight is 281 g/mol. The van der Waals surface area contributed by atoms with E-state index in [1.165, 1.54) is 10.4 Å². The molecule has 0 fully saturated rings. The highest BCUT2D eigenvalue weighted by Gasteiger charge is 2.23. The molecular weight excluding hydrogens is 262 g/mol. The first kappa shape index (κ1) is 15.5. The summed E-state index contributed by atoms with van der Waals surface area (Å²) in [5.41, 5.74) is 8.02. The Hall–Kier alpha value is -1.58. The van der Waals surface area contributed by atoms with Crippen LogP contribution in [0.25, 0.3) is 0 Å². The van der Waals surface area contributed by atoms with Crippen LogP contribution in [0.2, 0.25) is 0 Å². The van der Waals surface area contributed by atoms with Crippen molar-refractivity contribution in [3.8, 4) is 6.07 Å². The maximum absolute atomic E-state index is 12.4. The van der Waals surface area contributed by atoms with Crippen LogP contribution in [-0.4, -0.2) is 25.8 Å². The zero-order valence-electron chi connectivity index (χ0n) is 11.5. The molecule has 104 valence electrons. The Balaban J connectivity index is 3.23. The van der Waals surface area contributed by atoms with Gasteiger partial charge in [0.15, 0.2) is 0 Å². The third kappa shape index (κ3) is 3.25. The van der Waals surface area contributed by atoms with Gasteiger partial charge >= 0.3 is 0 Å². The third-order valence-corrected chi connectivity index (χ3v) is 5.10. The van der Waals surface area contributed by atoms with Crippen LogP contribution in [0.3, 0.4) is 0 Å². The van der Waals surface area contributed by atoms with Gasteiger partial charge in [0.2, 0.25) is 10.0 Å². The highest BCUT2D eigenvalue weighted by atomic mass is 32.2. The number of nitrogen functional groups attached to an aromatic ring is 1. The fourth-order valence-electron chi connectivity index (χ4n) is 1.77. The van der Waals surface area contributed by atoms with Crippen LogP contribution in [0.4, 0.5) is 5.69 Å². The van der Waals surface area contributed by atoms with E-state index in [-0.39, 0.29) is 17.9 Å². The van der Waals surface area contributed by atoms with Crippen molar-refractivity contribution in [1.82, 2.24) is 4.31 Å². The molecule has 0 aliphatic rings. The average Bonchev–Trinajstić information content (AvgIpc) is 2.36. The molecule has 1 aromatic rings. The van der Waals surface area contributed by atoms with Crippen molar-refractivity contribution in [2.45, 2.75) is 32.1 Å². The molecule has 0 heterocycles. The van der Waals surface area contributed by atoms with Crippen LogP contribution in [0.5, 0.6) is 0 Å². The second kappa shape index (κ2) is 6.04. The Morgan fingerprint density at radius 3 is 2.47 bits per heavy atom. The number of benzene rings is 1. The van der Waals surface area contributed by atoms with Crippen molar-refractivity contribution in [1.29, 1.82) is 5.26 Å². The molecule has 0 saturated carbocycles. The van der Waals surface area contributed by atoms with Gasteiger partial charge in [-0.2, -0.15) is 9.57 Å². The quantitative estimate of drug-likeness (QED) is 0.834. The van der Waals surface area contributed by atoms with Crippen LogP contribution < -0.4 is 5.73 Å². The van der Waals surface area contributed by atoms with Crippen molar-refractivity contribution in [3.05, 3.63) is 23.3 Å².